The Bertz CT molecular complexity index is 1390. The smallest absolute Gasteiger partial charge is 0.416 e. The third-order valence-electron chi connectivity index (χ3n) is 6.48. The monoisotopic (exact) mass is 526 g/mol. The zero-order chi connectivity index (χ0) is 25.3. The summed E-state index contributed by atoms with van der Waals surface area (Å²) in [7, 11) is 0. The molecule has 192 valence electrons. The van der Waals surface area contributed by atoms with Gasteiger partial charge in [-0.2, -0.15) is 13.2 Å². The first-order valence-electron chi connectivity index (χ1n) is 11.8. The summed E-state index contributed by atoms with van der Waals surface area (Å²) in [6.07, 6.45) is -4.79. The van der Waals surface area contributed by atoms with E-state index in [1.165, 1.54) is 28.5 Å². The number of alkyl halides is 3. The van der Waals surface area contributed by atoms with E-state index >= 15 is 0 Å². The number of hydrogen-bond acceptors (Lipinski definition) is 3. The Kier molecular flexibility index (Phi) is 7.76. The van der Waals surface area contributed by atoms with E-state index in [0.29, 0.717) is 18.0 Å². The molecule has 1 aliphatic heterocycles. The van der Waals surface area contributed by atoms with Crippen molar-refractivity contribution in [2.24, 2.45) is 0 Å². The molecule has 2 atom stereocenters. The molecule has 1 amide bonds. The van der Waals surface area contributed by atoms with E-state index < -0.39 is 11.7 Å². The number of fused-ring (bicyclic) bond motifs is 2. The third-order valence-corrected chi connectivity index (χ3v) is 6.48. The van der Waals surface area contributed by atoms with E-state index in [-0.39, 0.29) is 42.6 Å². The highest BCUT2D eigenvalue weighted by atomic mass is 35.5. The predicted octanol–water partition coefficient (Wildman–Crippen LogP) is 7.04. The SMILES string of the molecule is C[C@@H](NCC1CN(C(=O)c2ccc(C(F)(F)F)cc2)c2ccccc2O1)c1cccc2ccccc12.Cl. The fourth-order valence-corrected chi connectivity index (χ4v) is 4.60. The maximum atomic E-state index is 13.3. The minimum Gasteiger partial charge on any atom is -0.485 e. The average Bonchev–Trinajstić information content (AvgIpc) is 2.90. The molecule has 0 saturated heterocycles. The van der Waals surface area contributed by atoms with Gasteiger partial charge in [-0.3, -0.25) is 4.79 Å². The van der Waals surface area contributed by atoms with Crippen molar-refractivity contribution in [1.29, 1.82) is 0 Å². The molecule has 37 heavy (non-hydrogen) atoms. The van der Waals surface area contributed by atoms with E-state index in [0.717, 1.165) is 12.1 Å². The number of para-hydroxylation sites is 2. The Morgan fingerprint density at radius 2 is 1.65 bits per heavy atom. The first kappa shape index (κ1) is 26.5. The number of anilines is 1. The lowest BCUT2D eigenvalue weighted by Crippen LogP contribution is -2.48. The number of halogens is 4. The van der Waals surface area contributed by atoms with Crippen LogP contribution in [-0.2, 0) is 6.18 Å². The van der Waals surface area contributed by atoms with Gasteiger partial charge in [0.1, 0.15) is 11.9 Å². The summed E-state index contributed by atoms with van der Waals surface area (Å²) in [6.45, 7) is 2.84. The molecule has 1 unspecified atom stereocenters. The largest absolute Gasteiger partial charge is 0.485 e. The van der Waals surface area contributed by atoms with E-state index in [4.69, 9.17) is 4.74 Å². The zero-order valence-corrected chi connectivity index (χ0v) is 20.9. The van der Waals surface area contributed by atoms with Crippen LogP contribution in [0.3, 0.4) is 0 Å². The highest BCUT2D eigenvalue weighted by Gasteiger charge is 2.33. The maximum absolute atomic E-state index is 13.3. The molecule has 8 heteroatoms. The highest BCUT2D eigenvalue weighted by molar-refractivity contribution is 6.07. The van der Waals surface area contributed by atoms with Gasteiger partial charge in [0.15, 0.2) is 0 Å². The molecule has 0 bridgehead atoms. The number of nitrogens with zero attached hydrogens (tertiary/aromatic N) is 1. The summed E-state index contributed by atoms with van der Waals surface area (Å²) < 4.78 is 45.1. The van der Waals surface area contributed by atoms with Gasteiger partial charge in [0.2, 0.25) is 0 Å². The van der Waals surface area contributed by atoms with Gasteiger partial charge < -0.3 is 15.0 Å². The summed E-state index contributed by atoms with van der Waals surface area (Å²) in [4.78, 5) is 14.9. The van der Waals surface area contributed by atoms with Crippen LogP contribution in [0.15, 0.2) is 91.0 Å². The highest BCUT2D eigenvalue weighted by Crippen LogP contribution is 2.35. The number of ether oxygens (including phenoxy) is 1. The van der Waals surface area contributed by atoms with Gasteiger partial charge in [-0.05, 0) is 59.7 Å². The molecule has 0 aromatic heterocycles. The maximum Gasteiger partial charge on any atom is 0.416 e. The molecule has 0 spiro atoms. The number of rotatable bonds is 5. The lowest BCUT2D eigenvalue weighted by Gasteiger charge is -2.35. The minimum atomic E-state index is -4.45. The van der Waals surface area contributed by atoms with Crippen LogP contribution in [0.4, 0.5) is 18.9 Å². The number of carbonyl (C=O) groups excluding carboxylic acids is 1. The summed E-state index contributed by atoms with van der Waals surface area (Å²) in [5, 5.41) is 5.87. The van der Waals surface area contributed by atoms with Gasteiger partial charge >= 0.3 is 6.18 Å². The van der Waals surface area contributed by atoms with Crippen LogP contribution in [0.2, 0.25) is 0 Å². The first-order valence-corrected chi connectivity index (χ1v) is 11.8. The molecule has 1 heterocycles. The average molecular weight is 527 g/mol. The van der Waals surface area contributed by atoms with Crippen molar-refractivity contribution >= 4 is 34.8 Å². The first-order chi connectivity index (χ1) is 17.3. The number of hydrogen-bond donors (Lipinski definition) is 1. The van der Waals surface area contributed by atoms with Gasteiger partial charge in [-0.1, -0.05) is 54.6 Å². The molecule has 4 aromatic rings. The van der Waals surface area contributed by atoms with Crippen LogP contribution < -0.4 is 15.0 Å². The Labute approximate surface area is 219 Å². The number of carbonyl (C=O) groups is 1. The molecule has 0 saturated carbocycles. The number of nitrogens with one attached hydrogen (secondary N) is 1. The third kappa shape index (κ3) is 5.58. The van der Waals surface area contributed by atoms with Crippen molar-refractivity contribution < 1.29 is 22.7 Å². The van der Waals surface area contributed by atoms with Crippen LogP contribution >= 0.6 is 12.4 Å². The Morgan fingerprint density at radius 1 is 0.973 bits per heavy atom. The van der Waals surface area contributed by atoms with Crippen molar-refractivity contribution in [3.05, 3.63) is 108 Å². The Hall–Kier alpha value is -3.55. The Morgan fingerprint density at radius 3 is 2.41 bits per heavy atom. The van der Waals surface area contributed by atoms with Crippen molar-refractivity contribution in [1.82, 2.24) is 5.32 Å². The van der Waals surface area contributed by atoms with Crippen LogP contribution in [0.5, 0.6) is 5.75 Å². The molecule has 0 radical (unpaired) electrons. The van der Waals surface area contributed by atoms with E-state index in [2.05, 4.69) is 36.5 Å². The molecule has 4 nitrogen and oxygen atoms in total. The minimum absolute atomic E-state index is 0. The lowest BCUT2D eigenvalue weighted by molar-refractivity contribution is -0.137. The second-order valence-corrected chi connectivity index (χ2v) is 8.90. The van der Waals surface area contributed by atoms with Crippen LogP contribution in [-0.4, -0.2) is 25.1 Å². The predicted molar refractivity (Wildman–Crippen MR) is 142 cm³/mol. The molecular formula is C29H26ClF3N2O2. The number of amides is 1. The fraction of sp³-hybridized carbons (Fsp3) is 0.207. The molecule has 0 fully saturated rings. The molecular weight excluding hydrogens is 501 g/mol. The van der Waals surface area contributed by atoms with Gasteiger partial charge in [0.25, 0.3) is 5.91 Å². The summed E-state index contributed by atoms with van der Waals surface area (Å²) in [6, 6.07) is 26.0. The molecule has 4 aromatic carbocycles. The topological polar surface area (TPSA) is 41.6 Å². The number of benzene rings is 4. The molecule has 0 aliphatic carbocycles. The van der Waals surface area contributed by atoms with E-state index in [9.17, 15) is 18.0 Å². The van der Waals surface area contributed by atoms with Crippen molar-refractivity contribution in [2.45, 2.75) is 25.2 Å². The van der Waals surface area contributed by atoms with Gasteiger partial charge in [-0.15, -0.1) is 12.4 Å². The molecule has 5 rings (SSSR count). The standard InChI is InChI=1S/C29H25F3N2O2.ClH/c1-19(24-10-6-8-20-7-2-3-9-25(20)24)33-17-23-18-34(26-11-4-5-12-27(26)36-23)28(35)21-13-15-22(16-14-21)29(30,31)32;/h2-16,19,23,33H,17-18H2,1H3;1H/t19-,23?;/m1./s1. The van der Waals surface area contributed by atoms with Gasteiger partial charge in [0, 0.05) is 18.2 Å². The fourth-order valence-electron chi connectivity index (χ4n) is 4.60. The van der Waals surface area contributed by atoms with Crippen LogP contribution in [0, 0.1) is 0 Å². The lowest BCUT2D eigenvalue weighted by atomic mass is 9.99. The summed E-state index contributed by atoms with van der Waals surface area (Å²) >= 11 is 0. The van der Waals surface area contributed by atoms with Crippen molar-refractivity contribution in [3.8, 4) is 5.75 Å². The quantitative estimate of drug-likeness (QED) is 0.303. The van der Waals surface area contributed by atoms with E-state index in [1.807, 2.05) is 24.3 Å². The summed E-state index contributed by atoms with van der Waals surface area (Å²) in [5.74, 6) is 0.195. The second kappa shape index (κ2) is 10.8. The van der Waals surface area contributed by atoms with Crippen LogP contribution in [0.25, 0.3) is 10.8 Å². The zero-order valence-electron chi connectivity index (χ0n) is 20.0. The van der Waals surface area contributed by atoms with Crippen molar-refractivity contribution in [2.75, 3.05) is 18.0 Å². The summed E-state index contributed by atoms with van der Waals surface area (Å²) in [5.41, 5.74) is 1.17. The molecule has 1 aliphatic rings. The molecule has 1 N–H and O–H groups in total. The van der Waals surface area contributed by atoms with Gasteiger partial charge in [0.05, 0.1) is 17.8 Å². The van der Waals surface area contributed by atoms with Crippen molar-refractivity contribution in [3.63, 3.8) is 0 Å². The normalized spacial score (nSPS) is 15.9. The second-order valence-electron chi connectivity index (χ2n) is 8.90. The van der Waals surface area contributed by atoms with Crippen LogP contribution in [0.1, 0.15) is 34.5 Å². The Balaban J connectivity index is 0.00000320. The van der Waals surface area contributed by atoms with E-state index in [1.54, 1.807) is 23.1 Å². The van der Waals surface area contributed by atoms with Gasteiger partial charge in [-0.25, -0.2) is 0 Å².